The van der Waals surface area contributed by atoms with Crippen molar-refractivity contribution in [1.29, 1.82) is 0 Å². The van der Waals surface area contributed by atoms with E-state index in [9.17, 15) is 4.79 Å². The van der Waals surface area contributed by atoms with Crippen LogP contribution >= 0.6 is 0 Å². The molecule has 0 radical (unpaired) electrons. The number of carbonyl (C=O) groups is 1. The molecule has 21 heavy (non-hydrogen) atoms. The van der Waals surface area contributed by atoms with E-state index in [1.165, 1.54) is 0 Å². The standard InChI is InChI=1S/C16H20N2O3/c1-11(9-12-5-3-4-6-14(12)20-2)18-16(19)15-8-7-13(10-17)21-15/h3-8,11H,9-10,17H2,1-2H3,(H,18,19). The van der Waals surface area contributed by atoms with Crippen LogP contribution in [0, 0.1) is 0 Å². The summed E-state index contributed by atoms with van der Waals surface area (Å²) in [5.41, 5.74) is 6.51. The SMILES string of the molecule is COc1ccccc1CC(C)NC(=O)c1ccc(CN)o1. The van der Waals surface area contributed by atoms with Crippen molar-refractivity contribution < 1.29 is 13.9 Å². The van der Waals surface area contributed by atoms with Crippen molar-refractivity contribution >= 4 is 5.91 Å². The summed E-state index contributed by atoms with van der Waals surface area (Å²) in [4.78, 5) is 12.1. The molecule has 5 nitrogen and oxygen atoms in total. The zero-order chi connectivity index (χ0) is 15.2. The number of hydrogen-bond donors (Lipinski definition) is 2. The van der Waals surface area contributed by atoms with E-state index in [1.54, 1.807) is 19.2 Å². The Morgan fingerprint density at radius 3 is 2.76 bits per heavy atom. The molecule has 0 spiro atoms. The zero-order valence-corrected chi connectivity index (χ0v) is 12.3. The minimum absolute atomic E-state index is 0.0415. The number of ether oxygens (including phenoxy) is 1. The third kappa shape index (κ3) is 3.86. The van der Waals surface area contributed by atoms with E-state index < -0.39 is 0 Å². The van der Waals surface area contributed by atoms with Crippen LogP contribution in [-0.2, 0) is 13.0 Å². The van der Waals surface area contributed by atoms with Crippen LogP contribution in [0.25, 0.3) is 0 Å². The van der Waals surface area contributed by atoms with Crippen LogP contribution in [0.1, 0.15) is 28.8 Å². The van der Waals surface area contributed by atoms with E-state index in [0.29, 0.717) is 12.2 Å². The quantitative estimate of drug-likeness (QED) is 0.853. The molecule has 112 valence electrons. The maximum absolute atomic E-state index is 12.1. The van der Waals surface area contributed by atoms with Gasteiger partial charge in [-0.1, -0.05) is 18.2 Å². The van der Waals surface area contributed by atoms with E-state index in [-0.39, 0.29) is 24.3 Å². The van der Waals surface area contributed by atoms with Gasteiger partial charge in [-0.2, -0.15) is 0 Å². The molecule has 2 rings (SSSR count). The summed E-state index contributed by atoms with van der Waals surface area (Å²) in [6.45, 7) is 2.22. The number of carbonyl (C=O) groups excluding carboxylic acids is 1. The average molecular weight is 288 g/mol. The van der Waals surface area contributed by atoms with Crippen molar-refractivity contribution in [1.82, 2.24) is 5.32 Å². The Kier molecular flexibility index (Phi) is 5.00. The number of rotatable bonds is 6. The smallest absolute Gasteiger partial charge is 0.287 e. The lowest BCUT2D eigenvalue weighted by Crippen LogP contribution is -2.33. The summed E-state index contributed by atoms with van der Waals surface area (Å²) >= 11 is 0. The molecule has 1 aromatic carbocycles. The maximum atomic E-state index is 12.1. The van der Waals surface area contributed by atoms with Gasteiger partial charge in [-0.3, -0.25) is 4.79 Å². The van der Waals surface area contributed by atoms with Crippen LogP contribution in [0.15, 0.2) is 40.8 Å². The van der Waals surface area contributed by atoms with Gasteiger partial charge in [-0.25, -0.2) is 0 Å². The first-order valence-corrected chi connectivity index (χ1v) is 6.85. The van der Waals surface area contributed by atoms with Crippen molar-refractivity contribution in [3.05, 3.63) is 53.5 Å². The summed E-state index contributed by atoms with van der Waals surface area (Å²) in [6.07, 6.45) is 0.681. The molecule has 1 atom stereocenters. The molecule has 0 saturated carbocycles. The van der Waals surface area contributed by atoms with Gasteiger partial charge in [0.15, 0.2) is 5.76 Å². The second-order valence-electron chi connectivity index (χ2n) is 4.86. The van der Waals surface area contributed by atoms with Crippen LogP contribution in [0.4, 0.5) is 0 Å². The van der Waals surface area contributed by atoms with E-state index >= 15 is 0 Å². The summed E-state index contributed by atoms with van der Waals surface area (Å²) in [5, 5.41) is 2.90. The Labute approximate surface area is 124 Å². The van der Waals surface area contributed by atoms with Gasteiger partial charge in [0.1, 0.15) is 11.5 Å². The first-order chi connectivity index (χ1) is 10.1. The minimum atomic E-state index is -0.239. The van der Waals surface area contributed by atoms with Gasteiger partial charge in [0.05, 0.1) is 13.7 Å². The van der Waals surface area contributed by atoms with Crippen LogP contribution in [0.2, 0.25) is 0 Å². The lowest BCUT2D eigenvalue weighted by molar-refractivity contribution is 0.0910. The predicted octanol–water partition coefficient (Wildman–Crippen LogP) is 2.11. The Morgan fingerprint density at radius 2 is 2.10 bits per heavy atom. The number of para-hydroxylation sites is 1. The Morgan fingerprint density at radius 1 is 1.33 bits per heavy atom. The first kappa shape index (κ1) is 15.1. The molecule has 5 heteroatoms. The highest BCUT2D eigenvalue weighted by Crippen LogP contribution is 2.19. The fourth-order valence-electron chi connectivity index (χ4n) is 2.16. The number of methoxy groups -OCH3 is 1. The van der Waals surface area contributed by atoms with Crippen molar-refractivity contribution in [3.8, 4) is 5.75 Å². The van der Waals surface area contributed by atoms with Gasteiger partial charge in [0.2, 0.25) is 0 Å². The summed E-state index contributed by atoms with van der Waals surface area (Å²) in [7, 11) is 1.64. The highest BCUT2D eigenvalue weighted by atomic mass is 16.5. The van der Waals surface area contributed by atoms with Gasteiger partial charge in [0.25, 0.3) is 5.91 Å². The average Bonchev–Trinajstić information content (AvgIpc) is 2.96. The number of nitrogens with two attached hydrogens (primary N) is 1. The van der Waals surface area contributed by atoms with Crippen LogP contribution in [0.3, 0.4) is 0 Å². The summed E-state index contributed by atoms with van der Waals surface area (Å²) in [5.74, 6) is 1.46. The van der Waals surface area contributed by atoms with Crippen LogP contribution in [0.5, 0.6) is 5.75 Å². The molecule has 0 bridgehead atoms. The minimum Gasteiger partial charge on any atom is -0.496 e. The second kappa shape index (κ2) is 6.95. The van der Waals surface area contributed by atoms with Crippen molar-refractivity contribution in [2.45, 2.75) is 25.9 Å². The normalized spacial score (nSPS) is 12.0. The molecule has 3 N–H and O–H groups in total. The highest BCUT2D eigenvalue weighted by Gasteiger charge is 2.15. The molecule has 1 aromatic heterocycles. The fourth-order valence-corrected chi connectivity index (χ4v) is 2.16. The van der Waals surface area contributed by atoms with Crippen LogP contribution in [-0.4, -0.2) is 19.1 Å². The van der Waals surface area contributed by atoms with Gasteiger partial charge in [-0.15, -0.1) is 0 Å². The molecule has 1 heterocycles. The maximum Gasteiger partial charge on any atom is 0.287 e. The lowest BCUT2D eigenvalue weighted by atomic mass is 10.1. The Balaban J connectivity index is 1.97. The third-order valence-electron chi connectivity index (χ3n) is 3.18. The van der Waals surface area contributed by atoms with Crippen LogP contribution < -0.4 is 15.8 Å². The Bertz CT molecular complexity index is 607. The van der Waals surface area contributed by atoms with E-state index in [1.807, 2.05) is 31.2 Å². The molecule has 2 aromatic rings. The first-order valence-electron chi connectivity index (χ1n) is 6.85. The third-order valence-corrected chi connectivity index (χ3v) is 3.18. The van der Waals surface area contributed by atoms with Crippen molar-refractivity contribution in [2.75, 3.05) is 7.11 Å². The van der Waals surface area contributed by atoms with E-state index in [0.717, 1.165) is 11.3 Å². The molecule has 1 unspecified atom stereocenters. The molecule has 0 fully saturated rings. The van der Waals surface area contributed by atoms with Crippen molar-refractivity contribution in [2.24, 2.45) is 5.73 Å². The number of nitrogens with one attached hydrogen (secondary N) is 1. The monoisotopic (exact) mass is 288 g/mol. The van der Waals surface area contributed by atoms with Gasteiger partial charge in [-0.05, 0) is 37.1 Å². The summed E-state index contributed by atoms with van der Waals surface area (Å²) in [6, 6.07) is 11.1. The largest absolute Gasteiger partial charge is 0.496 e. The van der Waals surface area contributed by atoms with Gasteiger partial charge < -0.3 is 20.2 Å². The molecule has 0 aliphatic heterocycles. The highest BCUT2D eigenvalue weighted by molar-refractivity contribution is 5.91. The van der Waals surface area contributed by atoms with Gasteiger partial charge >= 0.3 is 0 Å². The zero-order valence-electron chi connectivity index (χ0n) is 12.3. The number of amides is 1. The number of benzene rings is 1. The molecular formula is C16H20N2O3. The Hall–Kier alpha value is -2.27. The molecule has 0 saturated heterocycles. The second-order valence-corrected chi connectivity index (χ2v) is 4.86. The molecule has 0 aliphatic rings. The van der Waals surface area contributed by atoms with Crippen molar-refractivity contribution in [3.63, 3.8) is 0 Å². The molecule has 0 aliphatic carbocycles. The molecular weight excluding hydrogens is 268 g/mol. The fraction of sp³-hybridized carbons (Fsp3) is 0.312. The molecule has 1 amide bonds. The predicted molar refractivity (Wildman–Crippen MR) is 80.2 cm³/mol. The lowest BCUT2D eigenvalue weighted by Gasteiger charge is -2.15. The van der Waals surface area contributed by atoms with E-state index in [4.69, 9.17) is 14.9 Å². The number of hydrogen-bond acceptors (Lipinski definition) is 4. The topological polar surface area (TPSA) is 77.5 Å². The summed E-state index contributed by atoms with van der Waals surface area (Å²) < 4.78 is 10.6. The number of furan rings is 1. The van der Waals surface area contributed by atoms with E-state index in [2.05, 4.69) is 5.32 Å². The van der Waals surface area contributed by atoms with Gasteiger partial charge in [0, 0.05) is 6.04 Å².